The Morgan fingerprint density at radius 1 is 1.12 bits per heavy atom. The van der Waals surface area contributed by atoms with Gasteiger partial charge >= 0.3 is 0 Å². The van der Waals surface area contributed by atoms with Crippen molar-refractivity contribution in [2.24, 2.45) is 4.99 Å². The fourth-order valence-corrected chi connectivity index (χ4v) is 4.21. The lowest BCUT2D eigenvalue weighted by Crippen LogP contribution is -2.46. The summed E-state index contributed by atoms with van der Waals surface area (Å²) < 4.78 is 11.2. The van der Waals surface area contributed by atoms with Crippen molar-refractivity contribution in [3.63, 3.8) is 0 Å². The number of aliphatic imine (C=N–C) groups is 1. The van der Waals surface area contributed by atoms with Crippen LogP contribution in [0.4, 0.5) is 5.82 Å². The van der Waals surface area contributed by atoms with Gasteiger partial charge in [0.25, 0.3) is 0 Å². The van der Waals surface area contributed by atoms with Gasteiger partial charge in [-0.25, -0.2) is 9.97 Å². The van der Waals surface area contributed by atoms with Crippen molar-refractivity contribution >= 4 is 11.5 Å². The molecular formula is C19H20N4O2. The monoisotopic (exact) mass is 336 g/mol. The minimum Gasteiger partial charge on any atom is -0.480 e. The van der Waals surface area contributed by atoms with Gasteiger partial charge < -0.3 is 14.4 Å². The van der Waals surface area contributed by atoms with Crippen LogP contribution in [0.3, 0.4) is 0 Å². The molecule has 128 valence electrons. The van der Waals surface area contributed by atoms with E-state index in [2.05, 4.69) is 20.9 Å². The lowest BCUT2D eigenvalue weighted by atomic mass is 10.0. The first kappa shape index (κ1) is 14.8. The Balaban J connectivity index is 1.54. The lowest BCUT2D eigenvalue weighted by Gasteiger charge is -2.35. The molecule has 0 spiro atoms. The molecule has 6 nitrogen and oxygen atoms in total. The standard InChI is InChI=1S/C19H20N4O2/c1-24-19-17-13(5-7-21-19)9-22-18(17)12-4-6-20-16(8-12)23-14-2-3-15(23)11-25-10-14/h4-8,14-15H,2-3,9-11H2,1H3/t14-,15+. The fourth-order valence-electron chi connectivity index (χ4n) is 4.21. The minimum atomic E-state index is 0.440. The Kier molecular flexibility index (Phi) is 3.45. The van der Waals surface area contributed by atoms with Crippen molar-refractivity contribution < 1.29 is 9.47 Å². The van der Waals surface area contributed by atoms with Crippen molar-refractivity contribution in [2.75, 3.05) is 25.2 Å². The van der Waals surface area contributed by atoms with E-state index in [0.29, 0.717) is 24.5 Å². The molecule has 2 bridgehead atoms. The zero-order valence-electron chi connectivity index (χ0n) is 14.2. The molecule has 0 unspecified atom stereocenters. The predicted molar refractivity (Wildman–Crippen MR) is 94.5 cm³/mol. The van der Waals surface area contributed by atoms with Crippen LogP contribution in [-0.2, 0) is 11.3 Å². The Hall–Kier alpha value is -2.47. The summed E-state index contributed by atoms with van der Waals surface area (Å²) in [4.78, 5) is 16.2. The molecule has 0 radical (unpaired) electrons. The van der Waals surface area contributed by atoms with Gasteiger partial charge in [0.1, 0.15) is 5.82 Å². The van der Waals surface area contributed by atoms with Crippen LogP contribution in [0.15, 0.2) is 35.6 Å². The molecule has 2 saturated heterocycles. The first-order valence-corrected chi connectivity index (χ1v) is 8.74. The number of anilines is 1. The molecule has 0 aliphatic carbocycles. The van der Waals surface area contributed by atoms with Crippen molar-refractivity contribution in [1.82, 2.24) is 9.97 Å². The number of methoxy groups -OCH3 is 1. The fraction of sp³-hybridized carbons (Fsp3) is 0.421. The Morgan fingerprint density at radius 2 is 1.92 bits per heavy atom. The van der Waals surface area contributed by atoms with E-state index < -0.39 is 0 Å². The molecule has 2 aromatic rings. The maximum atomic E-state index is 5.70. The van der Waals surface area contributed by atoms with Crippen LogP contribution < -0.4 is 9.64 Å². The molecule has 0 N–H and O–H groups in total. The number of hydrogen-bond acceptors (Lipinski definition) is 6. The van der Waals surface area contributed by atoms with Crippen molar-refractivity contribution in [1.29, 1.82) is 0 Å². The zero-order valence-corrected chi connectivity index (χ0v) is 14.2. The molecule has 5 rings (SSSR count). The van der Waals surface area contributed by atoms with E-state index in [9.17, 15) is 0 Å². The third kappa shape index (κ3) is 2.32. The average molecular weight is 336 g/mol. The highest BCUT2D eigenvalue weighted by molar-refractivity contribution is 6.16. The van der Waals surface area contributed by atoms with E-state index in [-0.39, 0.29) is 0 Å². The summed E-state index contributed by atoms with van der Waals surface area (Å²) in [6, 6.07) is 7.06. The quantitative estimate of drug-likeness (QED) is 0.860. The molecule has 6 heteroatoms. The number of ether oxygens (including phenoxy) is 2. The number of pyridine rings is 2. The largest absolute Gasteiger partial charge is 0.480 e. The smallest absolute Gasteiger partial charge is 0.222 e. The molecule has 2 aromatic heterocycles. The van der Waals surface area contributed by atoms with Gasteiger partial charge in [0.05, 0.1) is 50.2 Å². The summed E-state index contributed by atoms with van der Waals surface area (Å²) in [7, 11) is 1.65. The highest BCUT2D eigenvalue weighted by Gasteiger charge is 2.38. The number of nitrogens with zero attached hydrogens (tertiary/aromatic N) is 4. The SMILES string of the molecule is COc1nccc2c1C(c1ccnc(N3[C@@H]4CC[C@H]3COC4)c1)=NC2. The van der Waals surface area contributed by atoms with Gasteiger partial charge in [-0.3, -0.25) is 4.99 Å². The number of morpholine rings is 1. The summed E-state index contributed by atoms with van der Waals surface area (Å²) in [5, 5.41) is 0. The van der Waals surface area contributed by atoms with Gasteiger partial charge in [-0.05, 0) is 36.6 Å². The molecule has 2 atom stereocenters. The van der Waals surface area contributed by atoms with Crippen LogP contribution in [-0.4, -0.2) is 48.1 Å². The molecular weight excluding hydrogens is 316 g/mol. The molecule has 0 saturated carbocycles. The van der Waals surface area contributed by atoms with Crippen molar-refractivity contribution in [3.05, 3.63) is 47.3 Å². The van der Waals surface area contributed by atoms with Crippen LogP contribution >= 0.6 is 0 Å². The highest BCUT2D eigenvalue weighted by Crippen LogP contribution is 2.34. The van der Waals surface area contributed by atoms with E-state index in [1.165, 1.54) is 12.8 Å². The Labute approximate surface area is 146 Å². The van der Waals surface area contributed by atoms with Gasteiger partial charge in [-0.1, -0.05) is 0 Å². The van der Waals surface area contributed by atoms with Crippen LogP contribution in [0, 0.1) is 0 Å². The lowest BCUT2D eigenvalue weighted by molar-refractivity contribution is 0.0902. The van der Waals surface area contributed by atoms with E-state index in [1.54, 1.807) is 13.3 Å². The van der Waals surface area contributed by atoms with Gasteiger partial charge in [0.2, 0.25) is 5.88 Å². The summed E-state index contributed by atoms with van der Waals surface area (Å²) in [5.74, 6) is 1.66. The average Bonchev–Trinajstić information content (AvgIpc) is 3.20. The van der Waals surface area contributed by atoms with Crippen LogP contribution in [0.1, 0.15) is 29.5 Å². The maximum Gasteiger partial charge on any atom is 0.222 e. The van der Waals surface area contributed by atoms with Crippen LogP contribution in [0.25, 0.3) is 0 Å². The minimum absolute atomic E-state index is 0.440. The second kappa shape index (κ2) is 5.81. The van der Waals surface area contributed by atoms with Gasteiger partial charge in [0, 0.05) is 18.0 Å². The van der Waals surface area contributed by atoms with Crippen molar-refractivity contribution in [2.45, 2.75) is 31.5 Å². The summed E-state index contributed by atoms with van der Waals surface area (Å²) in [6.07, 6.45) is 6.01. The number of hydrogen-bond donors (Lipinski definition) is 0. The zero-order chi connectivity index (χ0) is 16.8. The third-order valence-corrected chi connectivity index (χ3v) is 5.36. The van der Waals surface area contributed by atoms with Crippen molar-refractivity contribution in [3.8, 4) is 5.88 Å². The summed E-state index contributed by atoms with van der Waals surface area (Å²) in [5.41, 5.74) is 4.18. The topological polar surface area (TPSA) is 59.8 Å². The molecule has 5 heterocycles. The number of rotatable bonds is 3. The highest BCUT2D eigenvalue weighted by atomic mass is 16.5. The number of fused-ring (bicyclic) bond motifs is 3. The Morgan fingerprint density at radius 3 is 2.72 bits per heavy atom. The van der Waals surface area contributed by atoms with Gasteiger partial charge in [-0.2, -0.15) is 0 Å². The second-order valence-electron chi connectivity index (χ2n) is 6.75. The summed E-state index contributed by atoms with van der Waals surface area (Å²) >= 11 is 0. The first-order valence-electron chi connectivity index (χ1n) is 8.74. The van der Waals surface area contributed by atoms with E-state index in [4.69, 9.17) is 14.5 Å². The van der Waals surface area contributed by atoms with Crippen LogP contribution in [0.5, 0.6) is 5.88 Å². The second-order valence-corrected chi connectivity index (χ2v) is 6.75. The maximum absolute atomic E-state index is 5.70. The predicted octanol–water partition coefficient (Wildman–Crippen LogP) is 2.20. The molecule has 3 aliphatic rings. The van der Waals surface area contributed by atoms with Crippen LogP contribution in [0.2, 0.25) is 0 Å². The van der Waals surface area contributed by atoms with E-state index in [0.717, 1.165) is 41.4 Å². The molecule has 0 aromatic carbocycles. The Bertz CT molecular complexity index is 835. The van der Waals surface area contributed by atoms with E-state index >= 15 is 0 Å². The van der Waals surface area contributed by atoms with Gasteiger partial charge in [-0.15, -0.1) is 0 Å². The molecule has 3 aliphatic heterocycles. The first-order chi connectivity index (χ1) is 12.3. The third-order valence-electron chi connectivity index (χ3n) is 5.36. The molecule has 25 heavy (non-hydrogen) atoms. The van der Waals surface area contributed by atoms with Gasteiger partial charge in [0.15, 0.2) is 0 Å². The molecule has 2 fully saturated rings. The normalized spacial score (nSPS) is 24.2. The summed E-state index contributed by atoms with van der Waals surface area (Å²) in [6.45, 7) is 2.26. The number of aromatic nitrogens is 2. The van der Waals surface area contributed by atoms with E-state index in [1.807, 2.05) is 18.3 Å². The molecule has 0 amide bonds.